The van der Waals surface area contributed by atoms with Crippen LogP contribution < -0.4 is 5.73 Å². The number of hydrogen-bond donors (Lipinski definition) is 2. The Morgan fingerprint density at radius 1 is 1.27 bits per heavy atom. The highest BCUT2D eigenvalue weighted by molar-refractivity contribution is 7.89. The Balaban J connectivity index is 1.45. The van der Waals surface area contributed by atoms with E-state index in [1.165, 1.54) is 16.8 Å². The van der Waals surface area contributed by atoms with E-state index in [4.69, 9.17) is 5.73 Å². The van der Waals surface area contributed by atoms with E-state index in [9.17, 15) is 13.2 Å². The summed E-state index contributed by atoms with van der Waals surface area (Å²) in [5.74, 6) is -0.156. The van der Waals surface area contributed by atoms with Gasteiger partial charge in [0.25, 0.3) is 10.0 Å². The van der Waals surface area contributed by atoms with E-state index in [1.54, 1.807) is 23.0 Å². The van der Waals surface area contributed by atoms with Crippen LogP contribution in [0.15, 0.2) is 52.7 Å². The topological polar surface area (TPSA) is 114 Å². The maximum Gasteiger partial charge on any atom is 0.262 e. The Kier molecular flexibility index (Phi) is 5.59. The largest absolute Gasteiger partial charge is 0.369 e. The van der Waals surface area contributed by atoms with Gasteiger partial charge in [-0.3, -0.25) is 4.79 Å². The summed E-state index contributed by atoms with van der Waals surface area (Å²) in [5, 5.41) is 5.28. The first-order chi connectivity index (χ1) is 15.8. The number of imidazole rings is 1. The third-order valence-electron chi connectivity index (χ3n) is 6.30. The zero-order valence-electron chi connectivity index (χ0n) is 18.2. The average molecular weight is 484 g/mol. The van der Waals surface area contributed by atoms with Crippen molar-refractivity contribution in [1.82, 2.24) is 18.8 Å². The Morgan fingerprint density at radius 3 is 2.70 bits per heavy atom. The highest BCUT2D eigenvalue weighted by Crippen LogP contribution is 2.38. The van der Waals surface area contributed by atoms with Gasteiger partial charge >= 0.3 is 0 Å². The van der Waals surface area contributed by atoms with Crippen molar-refractivity contribution in [3.63, 3.8) is 0 Å². The smallest absolute Gasteiger partial charge is 0.262 e. The van der Waals surface area contributed by atoms with Gasteiger partial charge in [0.15, 0.2) is 5.03 Å². The zero-order chi connectivity index (χ0) is 23.2. The number of nitrogens with one attached hydrogen (secondary N) is 1. The number of piperidine rings is 1. The molecular weight excluding hydrogens is 458 g/mol. The number of nitrogens with two attached hydrogens (primary N) is 1. The van der Waals surface area contributed by atoms with Crippen molar-refractivity contribution in [2.24, 2.45) is 12.8 Å². The number of carbonyl (C=O) groups is 1. The lowest BCUT2D eigenvalue weighted by Crippen LogP contribution is -2.38. The number of aryl methyl sites for hydroxylation is 1. The SMILES string of the molecule is Cn1cnc(S(=O)(=O)N2CCC(c3c[nH]c4c(CC(N)=O)cc(-c5ccsc5)cc34)CC2)c1. The average Bonchev–Trinajstić information content (AvgIpc) is 3.54. The van der Waals surface area contributed by atoms with E-state index in [-0.39, 0.29) is 23.3 Å². The van der Waals surface area contributed by atoms with E-state index in [0.29, 0.717) is 25.9 Å². The molecule has 0 radical (unpaired) electrons. The van der Waals surface area contributed by atoms with Crippen molar-refractivity contribution >= 4 is 38.2 Å². The van der Waals surface area contributed by atoms with Gasteiger partial charge in [-0.2, -0.15) is 15.6 Å². The minimum atomic E-state index is -3.59. The molecule has 5 rings (SSSR count). The fourth-order valence-electron chi connectivity index (χ4n) is 4.65. The number of hydrogen-bond acceptors (Lipinski definition) is 5. The summed E-state index contributed by atoms with van der Waals surface area (Å²) in [6.07, 6.45) is 6.63. The summed E-state index contributed by atoms with van der Waals surface area (Å²) >= 11 is 1.63. The highest BCUT2D eigenvalue weighted by Gasteiger charge is 2.32. The van der Waals surface area contributed by atoms with Gasteiger partial charge < -0.3 is 15.3 Å². The quantitative estimate of drug-likeness (QED) is 0.438. The second kappa shape index (κ2) is 8.44. The van der Waals surface area contributed by atoms with Gasteiger partial charge in [-0.15, -0.1) is 0 Å². The van der Waals surface area contributed by atoms with Gasteiger partial charge in [0.05, 0.1) is 12.7 Å². The molecule has 33 heavy (non-hydrogen) atoms. The van der Waals surface area contributed by atoms with Crippen molar-refractivity contribution in [2.75, 3.05) is 13.1 Å². The summed E-state index contributed by atoms with van der Waals surface area (Å²) in [7, 11) is -1.83. The summed E-state index contributed by atoms with van der Waals surface area (Å²) < 4.78 is 29.0. The van der Waals surface area contributed by atoms with E-state index >= 15 is 0 Å². The predicted molar refractivity (Wildman–Crippen MR) is 128 cm³/mol. The molecule has 1 aliphatic heterocycles. The van der Waals surface area contributed by atoms with Gasteiger partial charge in [0, 0.05) is 43.4 Å². The van der Waals surface area contributed by atoms with Crippen LogP contribution in [0.5, 0.6) is 0 Å². The predicted octanol–water partition coefficient (Wildman–Crippen LogP) is 3.23. The van der Waals surface area contributed by atoms with Gasteiger partial charge in [0.1, 0.15) is 0 Å². The number of thiophene rings is 1. The van der Waals surface area contributed by atoms with E-state index in [1.807, 2.05) is 17.6 Å². The number of carbonyl (C=O) groups excluding carboxylic acids is 1. The zero-order valence-corrected chi connectivity index (χ0v) is 19.8. The van der Waals surface area contributed by atoms with E-state index in [0.717, 1.165) is 33.2 Å². The second-order valence-corrected chi connectivity index (χ2v) is 11.2. The van der Waals surface area contributed by atoms with Gasteiger partial charge in [0.2, 0.25) is 5.91 Å². The minimum absolute atomic E-state index is 0.0899. The molecule has 1 amide bonds. The number of rotatable bonds is 6. The number of H-pyrrole nitrogens is 1. The van der Waals surface area contributed by atoms with Crippen molar-refractivity contribution in [3.05, 3.63) is 58.8 Å². The third kappa shape index (κ3) is 4.09. The van der Waals surface area contributed by atoms with Gasteiger partial charge in [-0.05, 0) is 70.0 Å². The number of aromatic amines is 1. The normalized spacial score (nSPS) is 15.9. The van der Waals surface area contributed by atoms with Crippen LogP contribution in [0.3, 0.4) is 0 Å². The molecule has 3 N–H and O–H groups in total. The molecule has 1 aliphatic rings. The fourth-order valence-corrected chi connectivity index (χ4v) is 6.75. The number of aromatic nitrogens is 3. The molecule has 0 saturated carbocycles. The molecular formula is C23H25N5O3S2. The molecule has 8 nitrogen and oxygen atoms in total. The number of benzene rings is 1. The molecule has 0 bridgehead atoms. The first kappa shape index (κ1) is 21.9. The second-order valence-electron chi connectivity index (χ2n) is 8.51. The van der Waals surface area contributed by atoms with Crippen molar-refractivity contribution in [2.45, 2.75) is 30.2 Å². The molecule has 0 aliphatic carbocycles. The lowest BCUT2D eigenvalue weighted by Gasteiger charge is -2.30. The van der Waals surface area contributed by atoms with Crippen molar-refractivity contribution in [3.8, 4) is 11.1 Å². The molecule has 4 heterocycles. The molecule has 0 spiro atoms. The number of fused-ring (bicyclic) bond motifs is 1. The standard InChI is InChI=1S/C23H25N5O3S2/c1-27-12-22(26-14-27)33(30,31)28-5-2-15(3-6-28)20-11-25-23-18(10-21(24)29)8-17(9-19(20)23)16-4-7-32-13-16/h4,7-9,11-15,25H,2-3,5-6,10H2,1H3,(H2,24,29). The number of primary amides is 1. The van der Waals surface area contributed by atoms with Gasteiger partial charge in [-0.1, -0.05) is 0 Å². The number of nitrogens with zero attached hydrogens (tertiary/aromatic N) is 3. The van der Waals surface area contributed by atoms with Crippen molar-refractivity contribution < 1.29 is 13.2 Å². The molecule has 1 saturated heterocycles. The summed E-state index contributed by atoms with van der Waals surface area (Å²) in [5.41, 5.74) is 10.6. The first-order valence-corrected chi connectivity index (χ1v) is 13.1. The molecule has 3 aromatic heterocycles. The summed E-state index contributed by atoms with van der Waals surface area (Å²) in [6.45, 7) is 0.878. The monoisotopic (exact) mass is 483 g/mol. The van der Waals surface area contributed by atoms with Crippen LogP contribution >= 0.6 is 11.3 Å². The Bertz CT molecular complexity index is 1410. The van der Waals surface area contributed by atoms with Gasteiger partial charge in [-0.25, -0.2) is 13.4 Å². The molecule has 4 aromatic rings. The van der Waals surface area contributed by atoms with Crippen LogP contribution in [0.25, 0.3) is 22.0 Å². The van der Waals surface area contributed by atoms with Crippen LogP contribution in [0.4, 0.5) is 0 Å². The molecule has 0 atom stereocenters. The Labute approximate surface area is 196 Å². The van der Waals surface area contributed by atoms with Crippen LogP contribution in [0.1, 0.15) is 29.9 Å². The lowest BCUT2D eigenvalue weighted by atomic mass is 9.88. The van der Waals surface area contributed by atoms with E-state index < -0.39 is 10.0 Å². The highest BCUT2D eigenvalue weighted by atomic mass is 32.2. The van der Waals surface area contributed by atoms with Crippen LogP contribution in [-0.2, 0) is 28.3 Å². The molecule has 0 unspecified atom stereocenters. The first-order valence-electron chi connectivity index (χ1n) is 10.8. The van der Waals surface area contributed by atoms with Crippen LogP contribution in [0.2, 0.25) is 0 Å². The lowest BCUT2D eigenvalue weighted by molar-refractivity contribution is -0.117. The van der Waals surface area contributed by atoms with Crippen LogP contribution in [0, 0.1) is 0 Å². The molecule has 172 valence electrons. The third-order valence-corrected chi connectivity index (χ3v) is 8.77. The maximum absolute atomic E-state index is 12.9. The minimum Gasteiger partial charge on any atom is -0.369 e. The number of sulfonamides is 1. The van der Waals surface area contributed by atoms with E-state index in [2.05, 4.69) is 27.5 Å². The summed E-state index contributed by atoms with van der Waals surface area (Å²) in [6, 6.07) is 6.25. The molecule has 1 aromatic carbocycles. The Morgan fingerprint density at radius 2 is 2.06 bits per heavy atom. The van der Waals surface area contributed by atoms with Crippen molar-refractivity contribution in [1.29, 1.82) is 0 Å². The maximum atomic E-state index is 12.9. The van der Waals surface area contributed by atoms with Crippen LogP contribution in [-0.4, -0.2) is 46.3 Å². The summed E-state index contributed by atoms with van der Waals surface area (Å²) in [4.78, 5) is 19.1. The Hall–Kier alpha value is -2.95. The number of amides is 1. The molecule has 1 fully saturated rings. The fraction of sp³-hybridized carbons (Fsp3) is 0.304. The molecule has 10 heteroatoms.